The van der Waals surface area contributed by atoms with Gasteiger partial charge in [-0.25, -0.2) is 0 Å². The number of methoxy groups -OCH3 is 1. The van der Waals surface area contributed by atoms with Crippen LogP contribution in [-0.2, 0) is 6.42 Å². The van der Waals surface area contributed by atoms with Gasteiger partial charge in [-0.3, -0.25) is 0 Å². The highest BCUT2D eigenvalue weighted by Crippen LogP contribution is 2.33. The van der Waals surface area contributed by atoms with E-state index < -0.39 is 0 Å². The molecule has 0 amide bonds. The van der Waals surface area contributed by atoms with Gasteiger partial charge >= 0.3 is 0 Å². The molecule has 2 aromatic rings. The average Bonchev–Trinajstić information content (AvgIpc) is 2.39. The SMILES string of the molecule is COc1ccc(O)c(-c2cccc(CC(C)C)c2)c1. The topological polar surface area (TPSA) is 29.5 Å². The Bertz CT molecular complexity index is 559. The average molecular weight is 256 g/mol. The van der Waals surface area contributed by atoms with Crippen molar-refractivity contribution in [3.63, 3.8) is 0 Å². The number of hydrogen-bond donors (Lipinski definition) is 1. The molecule has 0 unspecified atom stereocenters. The minimum absolute atomic E-state index is 0.280. The second kappa shape index (κ2) is 5.79. The van der Waals surface area contributed by atoms with E-state index in [1.165, 1.54) is 5.56 Å². The van der Waals surface area contributed by atoms with Gasteiger partial charge in [0.15, 0.2) is 0 Å². The summed E-state index contributed by atoms with van der Waals surface area (Å²) in [6, 6.07) is 13.6. The molecule has 0 radical (unpaired) electrons. The number of phenols is 1. The zero-order valence-corrected chi connectivity index (χ0v) is 11.7. The predicted octanol–water partition coefficient (Wildman–Crippen LogP) is 4.27. The Morgan fingerprint density at radius 1 is 1.11 bits per heavy atom. The van der Waals surface area contributed by atoms with Gasteiger partial charge in [0.05, 0.1) is 7.11 Å². The van der Waals surface area contributed by atoms with Crippen LogP contribution < -0.4 is 4.74 Å². The van der Waals surface area contributed by atoms with E-state index in [0.29, 0.717) is 5.92 Å². The Morgan fingerprint density at radius 3 is 2.58 bits per heavy atom. The standard InChI is InChI=1S/C17H20O2/c1-12(2)9-13-5-4-6-14(10-13)16-11-15(19-3)7-8-17(16)18/h4-8,10-12,18H,9H2,1-3H3. The molecule has 0 bridgehead atoms. The zero-order valence-electron chi connectivity index (χ0n) is 11.7. The summed E-state index contributed by atoms with van der Waals surface area (Å²) in [6.45, 7) is 4.41. The van der Waals surface area contributed by atoms with Crippen LogP contribution in [0.4, 0.5) is 0 Å². The van der Waals surface area contributed by atoms with Crippen LogP contribution in [0.15, 0.2) is 42.5 Å². The molecule has 2 aromatic carbocycles. The van der Waals surface area contributed by atoms with Crippen molar-refractivity contribution in [1.29, 1.82) is 0 Å². The summed E-state index contributed by atoms with van der Waals surface area (Å²) >= 11 is 0. The molecule has 0 aliphatic rings. The number of hydrogen-bond acceptors (Lipinski definition) is 2. The van der Waals surface area contributed by atoms with Crippen molar-refractivity contribution in [1.82, 2.24) is 0 Å². The number of aromatic hydroxyl groups is 1. The van der Waals surface area contributed by atoms with Gasteiger partial charge < -0.3 is 9.84 Å². The molecule has 0 saturated carbocycles. The summed E-state index contributed by atoms with van der Waals surface area (Å²) in [7, 11) is 1.63. The minimum atomic E-state index is 0.280. The predicted molar refractivity (Wildman–Crippen MR) is 78.6 cm³/mol. The highest BCUT2D eigenvalue weighted by atomic mass is 16.5. The Morgan fingerprint density at radius 2 is 1.89 bits per heavy atom. The smallest absolute Gasteiger partial charge is 0.123 e. The van der Waals surface area contributed by atoms with E-state index in [2.05, 4.69) is 26.0 Å². The number of ether oxygens (including phenoxy) is 1. The quantitative estimate of drug-likeness (QED) is 0.885. The molecule has 0 saturated heterocycles. The zero-order chi connectivity index (χ0) is 13.8. The van der Waals surface area contributed by atoms with E-state index >= 15 is 0 Å². The van der Waals surface area contributed by atoms with E-state index in [0.717, 1.165) is 23.3 Å². The van der Waals surface area contributed by atoms with E-state index in [1.54, 1.807) is 19.2 Å². The third kappa shape index (κ3) is 3.28. The summed E-state index contributed by atoms with van der Waals surface area (Å²) in [6.07, 6.45) is 1.04. The number of phenolic OH excluding ortho intramolecular Hbond substituents is 1. The maximum absolute atomic E-state index is 10.0. The lowest BCUT2D eigenvalue weighted by Crippen LogP contribution is -1.94. The van der Waals surface area contributed by atoms with E-state index in [4.69, 9.17) is 4.74 Å². The van der Waals surface area contributed by atoms with E-state index in [-0.39, 0.29) is 5.75 Å². The fourth-order valence-corrected chi connectivity index (χ4v) is 2.21. The van der Waals surface area contributed by atoms with Crippen LogP contribution in [0.1, 0.15) is 19.4 Å². The normalized spacial score (nSPS) is 10.7. The highest BCUT2D eigenvalue weighted by Gasteiger charge is 2.07. The lowest BCUT2D eigenvalue weighted by atomic mass is 9.97. The molecule has 0 atom stereocenters. The van der Waals surface area contributed by atoms with Gasteiger partial charge in [-0.2, -0.15) is 0 Å². The first-order valence-corrected chi connectivity index (χ1v) is 6.56. The second-order valence-electron chi connectivity index (χ2n) is 5.18. The van der Waals surface area contributed by atoms with Crippen molar-refractivity contribution in [2.75, 3.05) is 7.11 Å². The van der Waals surface area contributed by atoms with Crippen LogP contribution in [0.2, 0.25) is 0 Å². The van der Waals surface area contributed by atoms with Crippen LogP contribution in [-0.4, -0.2) is 12.2 Å². The van der Waals surface area contributed by atoms with Crippen LogP contribution in [0.3, 0.4) is 0 Å². The molecule has 1 N–H and O–H groups in total. The highest BCUT2D eigenvalue weighted by molar-refractivity contribution is 5.72. The molecule has 0 aliphatic carbocycles. The molecule has 0 fully saturated rings. The van der Waals surface area contributed by atoms with Crippen LogP contribution >= 0.6 is 0 Å². The molecule has 2 nitrogen and oxygen atoms in total. The molecule has 2 rings (SSSR count). The summed E-state index contributed by atoms with van der Waals surface area (Å²) in [4.78, 5) is 0. The molecule has 100 valence electrons. The van der Waals surface area contributed by atoms with Gasteiger partial charge in [-0.05, 0) is 41.7 Å². The van der Waals surface area contributed by atoms with E-state index in [9.17, 15) is 5.11 Å². The Kier molecular flexibility index (Phi) is 4.10. The summed E-state index contributed by atoms with van der Waals surface area (Å²) in [5, 5.41) is 10.0. The maximum Gasteiger partial charge on any atom is 0.123 e. The van der Waals surface area contributed by atoms with Gasteiger partial charge in [0.2, 0.25) is 0 Å². The van der Waals surface area contributed by atoms with Crippen molar-refractivity contribution in [3.05, 3.63) is 48.0 Å². The summed E-state index contributed by atoms with van der Waals surface area (Å²) < 4.78 is 5.22. The van der Waals surface area contributed by atoms with Gasteiger partial charge in [-0.1, -0.05) is 38.1 Å². The Hall–Kier alpha value is -1.96. The third-order valence-corrected chi connectivity index (χ3v) is 3.09. The van der Waals surface area contributed by atoms with Crippen LogP contribution in [0.25, 0.3) is 11.1 Å². The van der Waals surface area contributed by atoms with Crippen molar-refractivity contribution in [2.45, 2.75) is 20.3 Å². The van der Waals surface area contributed by atoms with Gasteiger partial charge in [0, 0.05) is 5.56 Å². The number of benzene rings is 2. The van der Waals surface area contributed by atoms with E-state index in [1.807, 2.05) is 18.2 Å². The lowest BCUT2D eigenvalue weighted by Gasteiger charge is -2.10. The molecule has 0 aromatic heterocycles. The Balaban J connectivity index is 2.41. The molecular formula is C17H20O2. The monoisotopic (exact) mass is 256 g/mol. The fourth-order valence-electron chi connectivity index (χ4n) is 2.21. The molecule has 19 heavy (non-hydrogen) atoms. The van der Waals surface area contributed by atoms with Crippen molar-refractivity contribution in [3.8, 4) is 22.6 Å². The Labute approximate surface area is 114 Å². The first-order chi connectivity index (χ1) is 9.10. The molecule has 2 heteroatoms. The van der Waals surface area contributed by atoms with Crippen molar-refractivity contribution in [2.24, 2.45) is 5.92 Å². The van der Waals surface area contributed by atoms with Crippen LogP contribution in [0, 0.1) is 5.92 Å². The second-order valence-corrected chi connectivity index (χ2v) is 5.18. The third-order valence-electron chi connectivity index (χ3n) is 3.09. The maximum atomic E-state index is 10.0. The van der Waals surface area contributed by atoms with Gasteiger partial charge in [0.25, 0.3) is 0 Å². The van der Waals surface area contributed by atoms with Crippen molar-refractivity contribution < 1.29 is 9.84 Å². The number of rotatable bonds is 4. The fraction of sp³-hybridized carbons (Fsp3) is 0.294. The molecule has 0 aliphatic heterocycles. The first kappa shape index (κ1) is 13.5. The summed E-state index contributed by atoms with van der Waals surface area (Å²) in [5.41, 5.74) is 3.12. The molecular weight excluding hydrogens is 236 g/mol. The summed E-state index contributed by atoms with van der Waals surface area (Å²) in [5.74, 6) is 1.65. The van der Waals surface area contributed by atoms with Crippen LogP contribution in [0.5, 0.6) is 11.5 Å². The largest absolute Gasteiger partial charge is 0.507 e. The van der Waals surface area contributed by atoms with Crippen molar-refractivity contribution >= 4 is 0 Å². The molecule has 0 spiro atoms. The molecule has 0 heterocycles. The first-order valence-electron chi connectivity index (χ1n) is 6.56. The minimum Gasteiger partial charge on any atom is -0.507 e. The lowest BCUT2D eigenvalue weighted by molar-refractivity contribution is 0.412. The van der Waals surface area contributed by atoms with Gasteiger partial charge in [-0.15, -0.1) is 0 Å². The van der Waals surface area contributed by atoms with Gasteiger partial charge in [0.1, 0.15) is 11.5 Å².